The van der Waals surface area contributed by atoms with Gasteiger partial charge >= 0.3 is 0 Å². The van der Waals surface area contributed by atoms with Crippen molar-refractivity contribution in [2.24, 2.45) is 11.8 Å². The van der Waals surface area contributed by atoms with Crippen molar-refractivity contribution >= 4 is 5.78 Å². The fourth-order valence-electron chi connectivity index (χ4n) is 4.32. The average Bonchev–Trinajstić information content (AvgIpc) is 2.54. The van der Waals surface area contributed by atoms with Gasteiger partial charge in [0.25, 0.3) is 0 Å². The molecule has 4 aliphatic rings. The Kier molecular flexibility index (Phi) is 3.46. The molecule has 112 valence electrons. The zero-order valence-electron chi connectivity index (χ0n) is 12.6. The second-order valence-electron chi connectivity index (χ2n) is 6.85. The first-order chi connectivity index (χ1) is 10.3. The van der Waals surface area contributed by atoms with E-state index in [1.54, 1.807) is 6.08 Å². The maximum atomic E-state index is 12.0. The molecule has 0 saturated carbocycles. The van der Waals surface area contributed by atoms with Crippen LogP contribution in [0.2, 0.25) is 0 Å². The number of carbonyl (C=O) groups is 1. The molecule has 2 saturated heterocycles. The van der Waals surface area contributed by atoms with Crippen molar-refractivity contribution in [1.82, 2.24) is 10.2 Å². The van der Waals surface area contributed by atoms with Crippen molar-refractivity contribution in [3.63, 3.8) is 0 Å². The molecular formula is C18H24N2O. The van der Waals surface area contributed by atoms with E-state index in [2.05, 4.69) is 22.4 Å². The van der Waals surface area contributed by atoms with Crippen LogP contribution in [0.5, 0.6) is 0 Å². The van der Waals surface area contributed by atoms with Gasteiger partial charge in [-0.2, -0.15) is 0 Å². The van der Waals surface area contributed by atoms with Gasteiger partial charge in [0.05, 0.1) is 6.17 Å². The van der Waals surface area contributed by atoms with Crippen LogP contribution >= 0.6 is 0 Å². The highest BCUT2D eigenvalue weighted by Gasteiger charge is 2.36. The van der Waals surface area contributed by atoms with Crippen molar-refractivity contribution < 1.29 is 4.79 Å². The number of nitrogens with zero attached hydrogens (tertiary/aromatic N) is 1. The van der Waals surface area contributed by atoms with Gasteiger partial charge in [0.1, 0.15) is 0 Å². The number of piperidine rings is 2. The second-order valence-corrected chi connectivity index (χ2v) is 6.85. The zero-order valence-corrected chi connectivity index (χ0v) is 12.6. The molecule has 0 bridgehead atoms. The Morgan fingerprint density at radius 2 is 2.00 bits per heavy atom. The van der Waals surface area contributed by atoms with Gasteiger partial charge in [0.15, 0.2) is 5.78 Å². The molecule has 0 amide bonds. The maximum absolute atomic E-state index is 12.0. The van der Waals surface area contributed by atoms with Gasteiger partial charge in [0, 0.05) is 24.7 Å². The maximum Gasteiger partial charge on any atom is 0.163 e. The molecule has 3 unspecified atom stereocenters. The van der Waals surface area contributed by atoms with Crippen molar-refractivity contribution in [3.8, 4) is 0 Å². The molecule has 1 N–H and O–H groups in total. The van der Waals surface area contributed by atoms with E-state index in [4.69, 9.17) is 0 Å². The minimum atomic E-state index is 0.122. The van der Waals surface area contributed by atoms with E-state index < -0.39 is 0 Å². The highest BCUT2D eigenvalue weighted by atomic mass is 16.1. The van der Waals surface area contributed by atoms with Crippen LogP contribution < -0.4 is 5.32 Å². The van der Waals surface area contributed by atoms with Crippen LogP contribution in [-0.4, -0.2) is 29.9 Å². The van der Waals surface area contributed by atoms with Crippen LogP contribution in [0.15, 0.2) is 35.6 Å². The lowest BCUT2D eigenvalue weighted by atomic mass is 9.74. The van der Waals surface area contributed by atoms with Crippen LogP contribution in [0, 0.1) is 11.8 Å². The summed E-state index contributed by atoms with van der Waals surface area (Å²) >= 11 is 0. The van der Waals surface area contributed by atoms with E-state index in [1.807, 2.05) is 6.08 Å². The van der Waals surface area contributed by atoms with E-state index in [0.717, 1.165) is 6.42 Å². The van der Waals surface area contributed by atoms with Gasteiger partial charge in [-0.15, -0.1) is 0 Å². The Hall–Kier alpha value is -1.35. The fourth-order valence-corrected chi connectivity index (χ4v) is 4.32. The third-order valence-electron chi connectivity index (χ3n) is 5.53. The highest BCUT2D eigenvalue weighted by molar-refractivity contribution is 5.96. The SMILES string of the molecule is O=C1C=CC=C2C=C3NC(N4CCCCC4)CCC3CC12. The summed E-state index contributed by atoms with van der Waals surface area (Å²) in [7, 11) is 0. The summed E-state index contributed by atoms with van der Waals surface area (Å²) in [6.45, 7) is 2.48. The van der Waals surface area contributed by atoms with Gasteiger partial charge in [0.2, 0.25) is 0 Å². The zero-order chi connectivity index (χ0) is 14.2. The molecule has 3 heteroatoms. The molecule has 0 spiro atoms. The van der Waals surface area contributed by atoms with Gasteiger partial charge < -0.3 is 5.32 Å². The van der Waals surface area contributed by atoms with E-state index >= 15 is 0 Å². The normalized spacial score (nSPS) is 36.2. The minimum absolute atomic E-state index is 0.122. The summed E-state index contributed by atoms with van der Waals surface area (Å²) in [5.41, 5.74) is 2.59. The molecule has 0 aromatic rings. The summed E-state index contributed by atoms with van der Waals surface area (Å²) in [6.07, 6.45) is 16.0. The molecule has 0 radical (unpaired) electrons. The number of carbonyl (C=O) groups excluding carboxylic acids is 1. The summed E-state index contributed by atoms with van der Waals surface area (Å²) in [5.74, 6) is 0.974. The number of ketones is 1. The van der Waals surface area contributed by atoms with E-state index in [-0.39, 0.29) is 5.92 Å². The van der Waals surface area contributed by atoms with Crippen molar-refractivity contribution in [2.75, 3.05) is 13.1 Å². The van der Waals surface area contributed by atoms with Crippen molar-refractivity contribution in [3.05, 3.63) is 35.6 Å². The molecule has 0 aromatic carbocycles. The third-order valence-corrected chi connectivity index (χ3v) is 5.53. The second kappa shape index (κ2) is 5.45. The third kappa shape index (κ3) is 2.48. The summed E-state index contributed by atoms with van der Waals surface area (Å²) in [4.78, 5) is 14.6. The first-order valence-corrected chi connectivity index (χ1v) is 8.45. The fraction of sp³-hybridized carbons (Fsp3) is 0.611. The number of hydrogen-bond donors (Lipinski definition) is 1. The summed E-state index contributed by atoms with van der Waals surface area (Å²) in [6, 6.07) is 0. The highest BCUT2D eigenvalue weighted by Crippen LogP contribution is 2.39. The van der Waals surface area contributed by atoms with E-state index in [9.17, 15) is 4.79 Å². The van der Waals surface area contributed by atoms with Gasteiger partial charge in [-0.25, -0.2) is 0 Å². The molecule has 3 atom stereocenters. The number of hydrogen-bond acceptors (Lipinski definition) is 3. The number of allylic oxidation sites excluding steroid dienone is 6. The Balaban J connectivity index is 1.52. The lowest BCUT2D eigenvalue weighted by Crippen LogP contribution is -2.51. The molecule has 2 aliphatic heterocycles. The minimum Gasteiger partial charge on any atom is -0.373 e. The number of likely N-dealkylation sites (tertiary alicyclic amines) is 1. The smallest absolute Gasteiger partial charge is 0.163 e. The van der Waals surface area contributed by atoms with Crippen molar-refractivity contribution in [2.45, 2.75) is 44.7 Å². The quantitative estimate of drug-likeness (QED) is 0.803. The molecule has 2 aliphatic carbocycles. The number of nitrogens with one attached hydrogen (secondary N) is 1. The lowest BCUT2D eigenvalue weighted by molar-refractivity contribution is -0.117. The monoisotopic (exact) mass is 284 g/mol. The summed E-state index contributed by atoms with van der Waals surface area (Å²) in [5, 5.41) is 3.78. The number of fused-ring (bicyclic) bond motifs is 2. The lowest BCUT2D eigenvalue weighted by Gasteiger charge is -2.43. The molecule has 0 aromatic heterocycles. The Morgan fingerprint density at radius 1 is 1.14 bits per heavy atom. The van der Waals surface area contributed by atoms with Gasteiger partial charge in [-0.05, 0) is 55.7 Å². The molecule has 3 nitrogen and oxygen atoms in total. The molecule has 2 heterocycles. The Labute approximate surface area is 126 Å². The van der Waals surface area contributed by atoms with E-state index in [1.165, 1.54) is 56.5 Å². The van der Waals surface area contributed by atoms with Crippen molar-refractivity contribution in [1.29, 1.82) is 0 Å². The van der Waals surface area contributed by atoms with Gasteiger partial charge in [-0.3, -0.25) is 9.69 Å². The molecule has 4 rings (SSSR count). The Bertz CT molecular complexity index is 525. The molecule has 21 heavy (non-hydrogen) atoms. The van der Waals surface area contributed by atoms with Crippen LogP contribution in [0.1, 0.15) is 38.5 Å². The Morgan fingerprint density at radius 3 is 2.86 bits per heavy atom. The predicted molar refractivity (Wildman–Crippen MR) is 83.5 cm³/mol. The molecule has 2 fully saturated rings. The first kappa shape index (κ1) is 13.3. The van der Waals surface area contributed by atoms with Crippen LogP contribution in [-0.2, 0) is 4.79 Å². The summed E-state index contributed by atoms with van der Waals surface area (Å²) < 4.78 is 0. The first-order valence-electron chi connectivity index (χ1n) is 8.45. The largest absolute Gasteiger partial charge is 0.373 e. The number of rotatable bonds is 1. The molecular weight excluding hydrogens is 260 g/mol. The van der Waals surface area contributed by atoms with Crippen LogP contribution in [0.25, 0.3) is 0 Å². The van der Waals surface area contributed by atoms with Gasteiger partial charge in [-0.1, -0.05) is 18.6 Å². The van der Waals surface area contributed by atoms with Crippen LogP contribution in [0.4, 0.5) is 0 Å². The van der Waals surface area contributed by atoms with Crippen LogP contribution in [0.3, 0.4) is 0 Å². The predicted octanol–water partition coefficient (Wildman–Crippen LogP) is 2.77. The topological polar surface area (TPSA) is 32.3 Å². The average molecular weight is 284 g/mol. The standard InChI is InChI=1S/C18H24N2O/c21-17-6-4-5-13-12-16-14(11-15(13)17)7-8-18(19-16)20-9-2-1-3-10-20/h4-6,12,14-15,18-19H,1-3,7-11H2. The van der Waals surface area contributed by atoms with E-state index in [0.29, 0.717) is 17.9 Å².